The first kappa shape index (κ1) is 24.6. The fourth-order valence-corrected chi connectivity index (χ4v) is 5.56. The summed E-state index contributed by atoms with van der Waals surface area (Å²) in [6.07, 6.45) is 10.5. The molecule has 1 aliphatic carbocycles. The maximum Gasteiger partial charge on any atom is 0.170 e. The van der Waals surface area contributed by atoms with E-state index in [-0.39, 0.29) is 17.1 Å². The monoisotopic (exact) mass is 455 g/mol. The van der Waals surface area contributed by atoms with Crippen LogP contribution < -0.4 is 0 Å². The Morgan fingerprint density at radius 1 is 0.941 bits per heavy atom. The molecule has 1 atom stereocenters. The van der Waals surface area contributed by atoms with Gasteiger partial charge in [0.25, 0.3) is 0 Å². The van der Waals surface area contributed by atoms with Crippen LogP contribution >= 0.6 is 0 Å². The van der Waals surface area contributed by atoms with Gasteiger partial charge in [-0.15, -0.1) is 0 Å². The van der Waals surface area contributed by atoms with Gasteiger partial charge in [-0.2, -0.15) is 0 Å². The van der Waals surface area contributed by atoms with Gasteiger partial charge in [-0.1, -0.05) is 108 Å². The molecule has 1 unspecified atom stereocenters. The van der Waals surface area contributed by atoms with Crippen molar-refractivity contribution >= 4 is 11.5 Å². The molecule has 1 fully saturated rings. The van der Waals surface area contributed by atoms with Gasteiger partial charge in [-0.05, 0) is 46.8 Å². The van der Waals surface area contributed by atoms with Crippen LogP contribution in [0.15, 0.2) is 65.3 Å². The fourth-order valence-electron chi connectivity index (χ4n) is 5.56. The quantitative estimate of drug-likeness (QED) is 0.384. The molecule has 1 heterocycles. The molecule has 0 aromatic heterocycles. The molecule has 2 aromatic rings. The molecule has 4 rings (SSSR count). The number of Topliss-reactive ketones (excluding diaryl/α,β-unsaturated/α-hetero) is 1. The molecule has 2 aliphatic rings. The summed E-state index contributed by atoms with van der Waals surface area (Å²) < 4.78 is 0. The molecule has 180 valence electrons. The summed E-state index contributed by atoms with van der Waals surface area (Å²) in [6.45, 7) is 11.1. The highest BCUT2D eigenvalue weighted by Crippen LogP contribution is 2.37. The van der Waals surface area contributed by atoms with Crippen LogP contribution in [0.3, 0.4) is 0 Å². The lowest BCUT2D eigenvalue weighted by Gasteiger charge is -2.23. The summed E-state index contributed by atoms with van der Waals surface area (Å²) in [6, 6.07) is 16.8. The predicted octanol–water partition coefficient (Wildman–Crippen LogP) is 8.77. The van der Waals surface area contributed by atoms with E-state index in [4.69, 9.17) is 4.99 Å². The minimum atomic E-state index is -0.209. The molecule has 0 saturated heterocycles. The van der Waals surface area contributed by atoms with Crippen molar-refractivity contribution in [2.24, 2.45) is 10.9 Å². The zero-order valence-corrected chi connectivity index (χ0v) is 21.7. The van der Waals surface area contributed by atoms with E-state index in [1.165, 1.54) is 48.9 Å². The van der Waals surface area contributed by atoms with Crippen molar-refractivity contribution in [1.29, 1.82) is 0 Å². The molecule has 0 spiro atoms. The van der Waals surface area contributed by atoms with Crippen molar-refractivity contribution in [3.8, 4) is 0 Å². The second kappa shape index (κ2) is 10.4. The van der Waals surface area contributed by atoms with Crippen LogP contribution in [-0.4, -0.2) is 11.5 Å². The third-order valence-corrected chi connectivity index (χ3v) is 7.67. The molecular formula is C32H41NO. The molecule has 34 heavy (non-hydrogen) atoms. The summed E-state index contributed by atoms with van der Waals surface area (Å²) in [7, 11) is 0. The van der Waals surface area contributed by atoms with Crippen LogP contribution in [0.25, 0.3) is 0 Å². The van der Waals surface area contributed by atoms with E-state index in [9.17, 15) is 4.79 Å². The summed E-state index contributed by atoms with van der Waals surface area (Å²) in [5, 5.41) is 0. The Morgan fingerprint density at radius 2 is 1.59 bits per heavy atom. The summed E-state index contributed by atoms with van der Waals surface area (Å²) in [5.41, 5.74) is 7.00. The Labute approximate surface area is 206 Å². The smallest absolute Gasteiger partial charge is 0.170 e. The second-order valence-electron chi connectivity index (χ2n) is 11.6. The molecular weight excluding hydrogens is 414 g/mol. The van der Waals surface area contributed by atoms with Gasteiger partial charge in [0.05, 0.1) is 5.92 Å². The van der Waals surface area contributed by atoms with E-state index in [0.717, 1.165) is 23.2 Å². The number of hydrogen-bond donors (Lipinski definition) is 0. The van der Waals surface area contributed by atoms with Gasteiger partial charge in [0.2, 0.25) is 0 Å². The van der Waals surface area contributed by atoms with Crippen LogP contribution in [0.1, 0.15) is 118 Å². The number of aliphatic imine (C=N–C) groups is 1. The molecule has 0 amide bonds. The standard InChI is InChI=1S/C32H41NO/c1-22(2)27-13-9-10-14-28(27)29(31(34)24-15-17-25(18-16-24)32(3,4)5)21-26-19-20-30(33-26)23-11-7-6-8-12-23/h9-10,13-19,22-23,29H,6-8,11-12,20-21H2,1-5H3. The number of allylic oxidation sites excluding steroid dienone is 2. The van der Waals surface area contributed by atoms with E-state index < -0.39 is 0 Å². The van der Waals surface area contributed by atoms with E-state index in [1.807, 2.05) is 12.1 Å². The van der Waals surface area contributed by atoms with Crippen LogP contribution in [0.4, 0.5) is 0 Å². The Bertz CT molecular complexity index is 1060. The molecule has 2 nitrogen and oxygen atoms in total. The average molecular weight is 456 g/mol. The van der Waals surface area contributed by atoms with E-state index in [0.29, 0.717) is 18.3 Å². The molecule has 1 aliphatic heterocycles. The van der Waals surface area contributed by atoms with Gasteiger partial charge in [0.15, 0.2) is 5.78 Å². The van der Waals surface area contributed by atoms with Gasteiger partial charge in [0, 0.05) is 29.8 Å². The molecule has 1 saturated carbocycles. The van der Waals surface area contributed by atoms with Crippen molar-refractivity contribution in [3.63, 3.8) is 0 Å². The van der Waals surface area contributed by atoms with Crippen LogP contribution in [0.2, 0.25) is 0 Å². The Hall–Kier alpha value is -2.48. The largest absolute Gasteiger partial charge is 0.293 e. The summed E-state index contributed by atoms with van der Waals surface area (Å²) >= 11 is 0. The second-order valence-corrected chi connectivity index (χ2v) is 11.6. The SMILES string of the molecule is CC(C)c1ccccc1C(CC1=CCC(C2CCCCC2)=N1)C(=O)c1ccc(C(C)(C)C)cc1. The average Bonchev–Trinajstić information content (AvgIpc) is 3.31. The number of carbonyl (C=O) groups excluding carboxylic acids is 1. The van der Waals surface area contributed by atoms with E-state index >= 15 is 0 Å². The molecule has 2 heteroatoms. The Balaban J connectivity index is 1.64. The molecule has 2 aromatic carbocycles. The Kier molecular flexibility index (Phi) is 7.55. The number of nitrogens with zero attached hydrogens (tertiary/aromatic N) is 1. The fraction of sp³-hybridized carbons (Fsp3) is 0.500. The topological polar surface area (TPSA) is 29.4 Å². The van der Waals surface area contributed by atoms with Crippen molar-refractivity contribution < 1.29 is 4.79 Å². The minimum absolute atomic E-state index is 0.0735. The Morgan fingerprint density at radius 3 is 2.21 bits per heavy atom. The van der Waals surface area contributed by atoms with Crippen molar-refractivity contribution in [1.82, 2.24) is 0 Å². The lowest BCUT2D eigenvalue weighted by molar-refractivity contribution is 0.0958. The van der Waals surface area contributed by atoms with Crippen molar-refractivity contribution in [2.75, 3.05) is 0 Å². The van der Waals surface area contributed by atoms with Gasteiger partial charge < -0.3 is 0 Å². The highest BCUT2D eigenvalue weighted by atomic mass is 16.1. The predicted molar refractivity (Wildman–Crippen MR) is 144 cm³/mol. The third-order valence-electron chi connectivity index (χ3n) is 7.67. The van der Waals surface area contributed by atoms with Gasteiger partial charge in [0.1, 0.15) is 0 Å². The van der Waals surface area contributed by atoms with E-state index in [2.05, 4.69) is 77.1 Å². The third kappa shape index (κ3) is 5.59. The summed E-state index contributed by atoms with van der Waals surface area (Å²) in [4.78, 5) is 19.1. The minimum Gasteiger partial charge on any atom is -0.293 e. The first-order chi connectivity index (χ1) is 16.2. The number of hydrogen-bond acceptors (Lipinski definition) is 2. The number of carbonyl (C=O) groups is 1. The number of benzene rings is 2. The van der Waals surface area contributed by atoms with Crippen LogP contribution in [0.5, 0.6) is 0 Å². The van der Waals surface area contributed by atoms with Gasteiger partial charge in [-0.25, -0.2) is 0 Å². The maximum atomic E-state index is 14.0. The highest BCUT2D eigenvalue weighted by Gasteiger charge is 2.29. The van der Waals surface area contributed by atoms with Gasteiger partial charge in [-0.3, -0.25) is 9.79 Å². The van der Waals surface area contributed by atoms with Gasteiger partial charge >= 0.3 is 0 Å². The van der Waals surface area contributed by atoms with Crippen LogP contribution in [0, 0.1) is 5.92 Å². The number of ketones is 1. The lowest BCUT2D eigenvalue weighted by atomic mass is 9.81. The first-order valence-electron chi connectivity index (χ1n) is 13.2. The summed E-state index contributed by atoms with van der Waals surface area (Å²) in [5.74, 6) is 1.01. The zero-order chi connectivity index (χ0) is 24.3. The zero-order valence-electron chi connectivity index (χ0n) is 21.7. The van der Waals surface area contributed by atoms with Crippen molar-refractivity contribution in [3.05, 3.63) is 82.6 Å². The lowest BCUT2D eigenvalue weighted by Crippen LogP contribution is -2.17. The van der Waals surface area contributed by atoms with Crippen LogP contribution in [-0.2, 0) is 5.41 Å². The highest BCUT2D eigenvalue weighted by molar-refractivity contribution is 6.01. The molecule has 0 radical (unpaired) electrons. The maximum absolute atomic E-state index is 14.0. The first-order valence-corrected chi connectivity index (χ1v) is 13.2. The van der Waals surface area contributed by atoms with E-state index in [1.54, 1.807) is 0 Å². The molecule has 0 N–H and O–H groups in total. The number of rotatable bonds is 7. The molecule has 0 bridgehead atoms. The van der Waals surface area contributed by atoms with Crippen molar-refractivity contribution in [2.45, 2.75) is 96.8 Å². The normalized spacial score (nSPS) is 18.1.